The largest absolute Gasteiger partial charge is 0.508 e. The predicted octanol–water partition coefficient (Wildman–Crippen LogP) is 1.54. The fourth-order valence-electron chi connectivity index (χ4n) is 2.13. The Balaban J connectivity index is 1.97. The number of rotatable bonds is 5. The summed E-state index contributed by atoms with van der Waals surface area (Å²) in [5.74, 6) is -3.38. The van der Waals surface area contributed by atoms with Crippen molar-refractivity contribution in [2.45, 2.75) is 19.6 Å². The van der Waals surface area contributed by atoms with Crippen LogP contribution in [0, 0.1) is 18.6 Å². The van der Waals surface area contributed by atoms with E-state index in [4.69, 9.17) is 0 Å². The molecule has 0 saturated carbocycles. The lowest BCUT2D eigenvalue weighted by Gasteiger charge is -2.14. The number of aryl methyl sites for hydroxylation is 1. The quantitative estimate of drug-likeness (QED) is 0.532. The van der Waals surface area contributed by atoms with Gasteiger partial charge in [-0.3, -0.25) is 10.2 Å². The minimum atomic E-state index is -1.69. The minimum Gasteiger partial charge on any atom is -0.508 e. The van der Waals surface area contributed by atoms with Gasteiger partial charge in [0.25, 0.3) is 5.91 Å². The molecule has 2 aromatic rings. The third-order valence-electron chi connectivity index (χ3n) is 3.42. The highest BCUT2D eigenvalue weighted by Gasteiger charge is 2.19. The molecule has 8 heteroatoms. The van der Waals surface area contributed by atoms with Crippen molar-refractivity contribution in [1.82, 2.24) is 10.9 Å². The van der Waals surface area contributed by atoms with Crippen LogP contribution in [-0.4, -0.2) is 21.2 Å². The molecule has 0 aliphatic carbocycles. The van der Waals surface area contributed by atoms with Crippen LogP contribution in [0.3, 0.4) is 0 Å². The first-order chi connectivity index (χ1) is 11.3. The van der Waals surface area contributed by atoms with Gasteiger partial charge in [-0.2, -0.15) is 0 Å². The standard InChI is InChI=1S/C16H16F2N2O4/c1-8-4-10(21)6-14(22)11(8)7-19-20-16(24)15(23)9-2-3-12(17)13(18)5-9/h2-6,15,19,21-23H,7H2,1H3,(H,20,24). The van der Waals surface area contributed by atoms with E-state index < -0.39 is 23.6 Å². The monoisotopic (exact) mass is 338 g/mol. The third-order valence-corrected chi connectivity index (χ3v) is 3.42. The molecule has 1 atom stereocenters. The molecule has 0 fully saturated rings. The number of phenols is 2. The zero-order chi connectivity index (χ0) is 17.9. The summed E-state index contributed by atoms with van der Waals surface area (Å²) in [6.07, 6.45) is -1.69. The average molecular weight is 338 g/mol. The van der Waals surface area contributed by atoms with E-state index in [1.165, 1.54) is 6.07 Å². The van der Waals surface area contributed by atoms with Crippen LogP contribution in [0.2, 0.25) is 0 Å². The lowest BCUT2D eigenvalue weighted by Crippen LogP contribution is -2.40. The van der Waals surface area contributed by atoms with E-state index in [-0.39, 0.29) is 23.6 Å². The number of phenolic OH excluding ortho intramolecular Hbond substituents is 2. The highest BCUT2D eigenvalue weighted by atomic mass is 19.2. The first-order valence-electron chi connectivity index (χ1n) is 6.96. The average Bonchev–Trinajstić information content (AvgIpc) is 2.51. The van der Waals surface area contributed by atoms with E-state index in [1.807, 2.05) is 0 Å². The molecule has 0 aliphatic rings. The van der Waals surface area contributed by atoms with Gasteiger partial charge in [0.05, 0.1) is 0 Å². The van der Waals surface area contributed by atoms with Crippen molar-refractivity contribution in [2.75, 3.05) is 0 Å². The summed E-state index contributed by atoms with van der Waals surface area (Å²) in [4.78, 5) is 11.8. The molecule has 0 spiro atoms. The molecule has 0 aliphatic heterocycles. The van der Waals surface area contributed by atoms with E-state index in [0.717, 1.165) is 24.3 Å². The van der Waals surface area contributed by atoms with E-state index in [9.17, 15) is 28.9 Å². The van der Waals surface area contributed by atoms with Crippen molar-refractivity contribution in [3.8, 4) is 11.5 Å². The topological polar surface area (TPSA) is 102 Å². The minimum absolute atomic E-state index is 0.0220. The zero-order valence-electron chi connectivity index (χ0n) is 12.7. The molecular weight excluding hydrogens is 322 g/mol. The van der Waals surface area contributed by atoms with Crippen LogP contribution in [-0.2, 0) is 11.3 Å². The second kappa shape index (κ2) is 7.24. The summed E-state index contributed by atoms with van der Waals surface area (Å²) in [5.41, 5.74) is 5.65. The van der Waals surface area contributed by atoms with Crippen molar-refractivity contribution in [1.29, 1.82) is 0 Å². The summed E-state index contributed by atoms with van der Waals surface area (Å²) in [5, 5.41) is 28.9. The Morgan fingerprint density at radius 2 is 1.88 bits per heavy atom. The molecule has 0 bridgehead atoms. The Bertz CT molecular complexity index is 745. The number of nitrogens with one attached hydrogen (secondary N) is 2. The summed E-state index contributed by atoms with van der Waals surface area (Å²) >= 11 is 0. The molecular formula is C16H16F2N2O4. The summed E-state index contributed by atoms with van der Waals surface area (Å²) in [6.45, 7) is 1.68. The summed E-state index contributed by atoms with van der Waals surface area (Å²) < 4.78 is 26.0. The Kier molecular flexibility index (Phi) is 5.32. The fourth-order valence-corrected chi connectivity index (χ4v) is 2.13. The first kappa shape index (κ1) is 17.6. The predicted molar refractivity (Wildman–Crippen MR) is 80.8 cm³/mol. The number of aliphatic hydroxyl groups is 1. The van der Waals surface area contributed by atoms with Gasteiger partial charge in [-0.05, 0) is 36.2 Å². The summed E-state index contributed by atoms with van der Waals surface area (Å²) in [7, 11) is 0. The van der Waals surface area contributed by atoms with E-state index in [1.54, 1.807) is 6.92 Å². The maximum Gasteiger partial charge on any atom is 0.267 e. The molecule has 2 aromatic carbocycles. The fraction of sp³-hybridized carbons (Fsp3) is 0.188. The van der Waals surface area contributed by atoms with Gasteiger partial charge in [0.15, 0.2) is 17.7 Å². The van der Waals surface area contributed by atoms with Gasteiger partial charge in [0, 0.05) is 18.2 Å². The molecule has 1 amide bonds. The number of carbonyl (C=O) groups is 1. The molecule has 0 aromatic heterocycles. The van der Waals surface area contributed by atoms with E-state index in [2.05, 4.69) is 10.9 Å². The summed E-state index contributed by atoms with van der Waals surface area (Å²) in [6, 6.07) is 5.23. The van der Waals surface area contributed by atoms with Gasteiger partial charge in [0.2, 0.25) is 0 Å². The molecule has 5 N–H and O–H groups in total. The van der Waals surface area contributed by atoms with Gasteiger partial charge in [-0.15, -0.1) is 0 Å². The van der Waals surface area contributed by atoms with Crippen molar-refractivity contribution in [3.63, 3.8) is 0 Å². The van der Waals surface area contributed by atoms with Crippen molar-refractivity contribution < 1.29 is 28.9 Å². The third kappa shape index (κ3) is 3.98. The maximum absolute atomic E-state index is 13.1. The van der Waals surface area contributed by atoms with Gasteiger partial charge in [0.1, 0.15) is 11.5 Å². The number of aromatic hydroxyl groups is 2. The van der Waals surface area contributed by atoms with E-state index in [0.29, 0.717) is 11.1 Å². The second-order valence-corrected chi connectivity index (χ2v) is 5.18. The second-order valence-electron chi connectivity index (χ2n) is 5.18. The first-order valence-corrected chi connectivity index (χ1v) is 6.96. The number of halogens is 2. The van der Waals surface area contributed by atoms with Crippen LogP contribution in [0.4, 0.5) is 8.78 Å². The number of hydrogen-bond donors (Lipinski definition) is 5. The molecule has 6 nitrogen and oxygen atoms in total. The van der Waals surface area contributed by atoms with Crippen LogP contribution in [0.1, 0.15) is 22.8 Å². The van der Waals surface area contributed by atoms with Gasteiger partial charge < -0.3 is 15.3 Å². The zero-order valence-corrected chi connectivity index (χ0v) is 12.7. The Morgan fingerprint density at radius 1 is 1.17 bits per heavy atom. The molecule has 24 heavy (non-hydrogen) atoms. The molecule has 0 saturated heterocycles. The van der Waals surface area contributed by atoms with Crippen molar-refractivity contribution >= 4 is 5.91 Å². The van der Waals surface area contributed by atoms with Gasteiger partial charge in [-0.1, -0.05) is 6.07 Å². The number of amides is 1. The van der Waals surface area contributed by atoms with Crippen LogP contribution in [0.15, 0.2) is 30.3 Å². The number of benzene rings is 2. The Labute approximate surface area is 136 Å². The Hall–Kier alpha value is -2.71. The Morgan fingerprint density at radius 3 is 2.50 bits per heavy atom. The van der Waals surface area contributed by atoms with Gasteiger partial charge in [-0.25, -0.2) is 14.2 Å². The van der Waals surface area contributed by atoms with Crippen LogP contribution < -0.4 is 10.9 Å². The lowest BCUT2D eigenvalue weighted by atomic mass is 10.1. The molecule has 1 unspecified atom stereocenters. The maximum atomic E-state index is 13.1. The van der Waals surface area contributed by atoms with Crippen molar-refractivity contribution in [2.24, 2.45) is 0 Å². The molecule has 128 valence electrons. The highest BCUT2D eigenvalue weighted by molar-refractivity contribution is 5.81. The normalized spacial score (nSPS) is 12.0. The highest BCUT2D eigenvalue weighted by Crippen LogP contribution is 2.26. The van der Waals surface area contributed by atoms with Crippen LogP contribution >= 0.6 is 0 Å². The number of hydrazine groups is 1. The molecule has 2 rings (SSSR count). The number of hydrogen-bond acceptors (Lipinski definition) is 5. The smallest absolute Gasteiger partial charge is 0.267 e. The molecule has 0 radical (unpaired) electrons. The van der Waals surface area contributed by atoms with Gasteiger partial charge >= 0.3 is 0 Å². The van der Waals surface area contributed by atoms with Crippen molar-refractivity contribution in [3.05, 3.63) is 58.7 Å². The SMILES string of the molecule is Cc1cc(O)cc(O)c1CNNC(=O)C(O)c1ccc(F)c(F)c1. The number of aliphatic hydroxyl groups excluding tert-OH is 1. The van der Waals surface area contributed by atoms with Crippen LogP contribution in [0.5, 0.6) is 11.5 Å². The number of carbonyl (C=O) groups excluding carboxylic acids is 1. The lowest BCUT2D eigenvalue weighted by molar-refractivity contribution is -0.130. The van der Waals surface area contributed by atoms with E-state index >= 15 is 0 Å². The van der Waals surface area contributed by atoms with Crippen LogP contribution in [0.25, 0.3) is 0 Å². The molecule has 0 heterocycles.